The molecule has 1 saturated heterocycles. The lowest BCUT2D eigenvalue weighted by Gasteiger charge is -2.38. The van der Waals surface area contributed by atoms with Gasteiger partial charge in [0.2, 0.25) is 0 Å². The fraction of sp³-hybridized carbons (Fsp3) is 0.714. The maximum Gasteiger partial charge on any atom is 0.169 e. The highest BCUT2D eigenvalue weighted by molar-refractivity contribution is 9.10. The molecule has 2 aliphatic rings. The summed E-state index contributed by atoms with van der Waals surface area (Å²) in [5.41, 5.74) is 0. The molecule has 4 heteroatoms. The van der Waals surface area contributed by atoms with Gasteiger partial charge in [-0.3, -0.25) is 4.90 Å². The van der Waals surface area contributed by atoms with Crippen molar-refractivity contribution in [3.8, 4) is 0 Å². The van der Waals surface area contributed by atoms with Crippen LogP contribution in [0.1, 0.15) is 37.5 Å². The van der Waals surface area contributed by atoms with Gasteiger partial charge in [0.15, 0.2) is 4.67 Å². The summed E-state index contributed by atoms with van der Waals surface area (Å²) in [7, 11) is 2.21. The molecule has 0 radical (unpaired) electrons. The summed E-state index contributed by atoms with van der Waals surface area (Å²) in [5, 5.41) is 3.67. The highest BCUT2D eigenvalue weighted by Gasteiger charge is 2.33. The van der Waals surface area contributed by atoms with Crippen molar-refractivity contribution in [2.24, 2.45) is 5.92 Å². The quantitative estimate of drug-likeness (QED) is 0.925. The summed E-state index contributed by atoms with van der Waals surface area (Å²) in [6.45, 7) is 2.29. The summed E-state index contributed by atoms with van der Waals surface area (Å²) < 4.78 is 6.63. The van der Waals surface area contributed by atoms with Crippen LogP contribution in [0.15, 0.2) is 21.2 Å². The molecule has 0 bridgehead atoms. The Morgan fingerprint density at radius 1 is 1.39 bits per heavy atom. The Hall–Kier alpha value is -0.320. The maximum absolute atomic E-state index is 5.79. The number of nitrogens with zero attached hydrogens (tertiary/aromatic N) is 1. The van der Waals surface area contributed by atoms with Gasteiger partial charge in [0.05, 0.1) is 6.04 Å². The Bertz CT molecular complexity index is 402. The summed E-state index contributed by atoms with van der Waals surface area (Å²) in [6.07, 6.45) is 5.32. The van der Waals surface area contributed by atoms with E-state index in [2.05, 4.69) is 39.3 Å². The summed E-state index contributed by atoms with van der Waals surface area (Å²) in [5.74, 6) is 1.77. The van der Waals surface area contributed by atoms with Gasteiger partial charge in [0, 0.05) is 12.6 Å². The number of hydrogen-bond acceptors (Lipinski definition) is 3. The number of hydrogen-bond donors (Lipinski definition) is 1. The first-order valence-electron chi connectivity index (χ1n) is 6.93. The van der Waals surface area contributed by atoms with Crippen LogP contribution in [0, 0.1) is 5.92 Å². The van der Waals surface area contributed by atoms with E-state index in [9.17, 15) is 0 Å². The number of piperidine rings is 1. The molecule has 2 fully saturated rings. The second-order valence-electron chi connectivity index (χ2n) is 5.65. The van der Waals surface area contributed by atoms with Gasteiger partial charge in [0.1, 0.15) is 5.76 Å². The zero-order valence-electron chi connectivity index (χ0n) is 10.9. The van der Waals surface area contributed by atoms with Crippen LogP contribution in [0.4, 0.5) is 0 Å². The minimum absolute atomic E-state index is 0.427. The third kappa shape index (κ3) is 2.81. The number of likely N-dealkylation sites (tertiary alicyclic amines) is 1. The third-order valence-electron chi connectivity index (χ3n) is 4.14. The van der Waals surface area contributed by atoms with Crippen LogP contribution < -0.4 is 5.32 Å². The highest BCUT2D eigenvalue weighted by Crippen LogP contribution is 2.36. The average molecular weight is 313 g/mol. The largest absolute Gasteiger partial charge is 0.453 e. The number of furan rings is 1. The van der Waals surface area contributed by atoms with E-state index in [-0.39, 0.29) is 0 Å². The maximum atomic E-state index is 5.79. The molecule has 2 heterocycles. The molecule has 1 aliphatic heterocycles. The van der Waals surface area contributed by atoms with E-state index < -0.39 is 0 Å². The summed E-state index contributed by atoms with van der Waals surface area (Å²) in [4.78, 5) is 2.44. The van der Waals surface area contributed by atoms with Crippen molar-refractivity contribution in [2.45, 2.75) is 37.8 Å². The van der Waals surface area contributed by atoms with Crippen LogP contribution in [0.5, 0.6) is 0 Å². The fourth-order valence-electron chi connectivity index (χ4n) is 3.02. The van der Waals surface area contributed by atoms with Crippen molar-refractivity contribution in [3.63, 3.8) is 0 Å². The molecule has 100 valence electrons. The van der Waals surface area contributed by atoms with Gasteiger partial charge >= 0.3 is 0 Å². The van der Waals surface area contributed by atoms with Crippen molar-refractivity contribution in [2.75, 3.05) is 20.1 Å². The van der Waals surface area contributed by atoms with Crippen molar-refractivity contribution in [1.82, 2.24) is 10.2 Å². The number of halogens is 1. The Balaban J connectivity index is 1.71. The summed E-state index contributed by atoms with van der Waals surface area (Å²) >= 11 is 3.41. The monoisotopic (exact) mass is 312 g/mol. The van der Waals surface area contributed by atoms with Crippen LogP contribution >= 0.6 is 15.9 Å². The zero-order valence-corrected chi connectivity index (χ0v) is 12.4. The standard InChI is InChI=1S/C14H21BrN2O/c1-17-8-2-3-10(9-16-11-4-5-11)14(17)12-6-7-13(15)18-12/h6-7,10-11,14,16H,2-5,8-9H2,1H3. The Morgan fingerprint density at radius 2 is 2.22 bits per heavy atom. The molecule has 0 aromatic carbocycles. The predicted octanol–water partition coefficient (Wildman–Crippen LogP) is 3.18. The first kappa shape index (κ1) is 12.7. The van der Waals surface area contributed by atoms with Gasteiger partial charge in [-0.25, -0.2) is 0 Å². The third-order valence-corrected chi connectivity index (χ3v) is 4.56. The van der Waals surface area contributed by atoms with Crippen molar-refractivity contribution < 1.29 is 4.42 Å². The topological polar surface area (TPSA) is 28.4 Å². The first-order valence-corrected chi connectivity index (χ1v) is 7.72. The molecule has 1 aromatic heterocycles. The first-order chi connectivity index (χ1) is 8.74. The van der Waals surface area contributed by atoms with Gasteiger partial charge in [-0.15, -0.1) is 0 Å². The molecule has 2 atom stereocenters. The number of nitrogens with one attached hydrogen (secondary N) is 1. The van der Waals surface area contributed by atoms with E-state index in [1.165, 1.54) is 32.2 Å². The van der Waals surface area contributed by atoms with E-state index in [1.54, 1.807) is 0 Å². The SMILES string of the molecule is CN1CCCC(CNC2CC2)C1c1ccc(Br)o1. The molecule has 1 aliphatic carbocycles. The second kappa shape index (κ2) is 5.35. The smallest absolute Gasteiger partial charge is 0.169 e. The van der Waals surface area contributed by atoms with Crippen LogP contribution in [0.3, 0.4) is 0 Å². The normalized spacial score (nSPS) is 29.7. The van der Waals surface area contributed by atoms with E-state index in [1.807, 2.05) is 6.07 Å². The Labute approximate surface area is 117 Å². The lowest BCUT2D eigenvalue weighted by Crippen LogP contribution is -2.40. The molecule has 0 amide bonds. The molecule has 3 nitrogen and oxygen atoms in total. The minimum Gasteiger partial charge on any atom is -0.453 e. The molecule has 18 heavy (non-hydrogen) atoms. The average Bonchev–Trinajstić information content (AvgIpc) is 3.09. The second-order valence-corrected chi connectivity index (χ2v) is 6.43. The van der Waals surface area contributed by atoms with Gasteiger partial charge in [-0.05, 0) is 73.3 Å². The molecule has 1 aromatic rings. The van der Waals surface area contributed by atoms with Crippen LogP contribution in [-0.4, -0.2) is 31.1 Å². The fourth-order valence-corrected chi connectivity index (χ4v) is 3.33. The highest BCUT2D eigenvalue weighted by atomic mass is 79.9. The van der Waals surface area contributed by atoms with Gasteiger partial charge in [0.25, 0.3) is 0 Å². The molecular weight excluding hydrogens is 292 g/mol. The van der Waals surface area contributed by atoms with Gasteiger partial charge < -0.3 is 9.73 Å². The van der Waals surface area contributed by atoms with Gasteiger partial charge in [-0.1, -0.05) is 0 Å². The predicted molar refractivity (Wildman–Crippen MR) is 75.5 cm³/mol. The minimum atomic E-state index is 0.427. The Morgan fingerprint density at radius 3 is 2.89 bits per heavy atom. The van der Waals surface area contributed by atoms with Gasteiger partial charge in [-0.2, -0.15) is 0 Å². The van der Waals surface area contributed by atoms with E-state index >= 15 is 0 Å². The molecule has 3 rings (SSSR count). The zero-order chi connectivity index (χ0) is 12.5. The summed E-state index contributed by atoms with van der Waals surface area (Å²) in [6, 6.07) is 5.33. The molecular formula is C14H21BrN2O. The lowest BCUT2D eigenvalue weighted by molar-refractivity contribution is 0.100. The molecule has 1 saturated carbocycles. The molecule has 1 N–H and O–H groups in total. The van der Waals surface area contributed by atoms with Crippen LogP contribution in [-0.2, 0) is 0 Å². The van der Waals surface area contributed by atoms with Crippen molar-refractivity contribution in [1.29, 1.82) is 0 Å². The van der Waals surface area contributed by atoms with Crippen molar-refractivity contribution >= 4 is 15.9 Å². The van der Waals surface area contributed by atoms with Crippen molar-refractivity contribution in [3.05, 3.63) is 22.6 Å². The van der Waals surface area contributed by atoms with E-state index in [4.69, 9.17) is 4.42 Å². The van der Waals surface area contributed by atoms with Crippen LogP contribution in [0.25, 0.3) is 0 Å². The molecule has 0 spiro atoms. The van der Waals surface area contributed by atoms with Crippen LogP contribution in [0.2, 0.25) is 0 Å². The van der Waals surface area contributed by atoms with E-state index in [0.29, 0.717) is 12.0 Å². The molecule has 2 unspecified atom stereocenters. The van der Waals surface area contributed by atoms with E-state index in [0.717, 1.165) is 23.0 Å². The Kier molecular flexibility index (Phi) is 3.78. The lowest BCUT2D eigenvalue weighted by atomic mass is 9.88. The number of rotatable bonds is 4.